The lowest BCUT2D eigenvalue weighted by Crippen LogP contribution is -2.25. The first-order valence-electron chi connectivity index (χ1n) is 6.72. The van der Waals surface area contributed by atoms with Crippen LogP contribution in [0.1, 0.15) is 43.2 Å². The lowest BCUT2D eigenvalue weighted by atomic mass is 9.82. The van der Waals surface area contributed by atoms with E-state index in [-0.39, 0.29) is 0 Å². The summed E-state index contributed by atoms with van der Waals surface area (Å²) in [5.74, 6) is 1.66. The smallest absolute Gasteiger partial charge is 0.119 e. The maximum atomic E-state index is 5.33. The molecular formula is C15H23NO. The molecule has 0 aromatic heterocycles. The van der Waals surface area contributed by atoms with E-state index in [0.717, 1.165) is 18.8 Å². The third-order valence-electron chi connectivity index (χ3n) is 3.61. The molecule has 0 amide bonds. The molecular weight excluding hydrogens is 210 g/mol. The largest absolute Gasteiger partial charge is 0.497 e. The molecule has 0 bridgehead atoms. The molecule has 1 aromatic carbocycles. The Hall–Kier alpha value is -1.02. The normalized spacial score (nSPS) is 18.8. The number of rotatable bonds is 5. The molecule has 1 N–H and O–H groups in total. The first-order valence-corrected chi connectivity index (χ1v) is 6.72. The van der Waals surface area contributed by atoms with Gasteiger partial charge in [-0.1, -0.05) is 13.0 Å². The van der Waals surface area contributed by atoms with Gasteiger partial charge in [0.05, 0.1) is 7.11 Å². The monoisotopic (exact) mass is 233 g/mol. The summed E-state index contributed by atoms with van der Waals surface area (Å²) in [6.45, 7) is 4.44. The molecule has 17 heavy (non-hydrogen) atoms. The topological polar surface area (TPSA) is 21.3 Å². The van der Waals surface area contributed by atoms with Crippen LogP contribution in [0.25, 0.3) is 0 Å². The summed E-state index contributed by atoms with van der Waals surface area (Å²) in [5.41, 5.74) is 3.01. The van der Waals surface area contributed by atoms with Crippen LogP contribution in [-0.2, 0) is 6.42 Å². The van der Waals surface area contributed by atoms with E-state index >= 15 is 0 Å². The Kier molecular flexibility index (Phi) is 4.43. The molecule has 2 heteroatoms. The highest BCUT2D eigenvalue weighted by Crippen LogP contribution is 2.33. The Bertz CT molecular complexity index is 362. The van der Waals surface area contributed by atoms with Gasteiger partial charge in [0.2, 0.25) is 0 Å². The van der Waals surface area contributed by atoms with Gasteiger partial charge in [-0.2, -0.15) is 0 Å². The summed E-state index contributed by atoms with van der Waals surface area (Å²) in [6.07, 6.45) is 5.05. The molecule has 1 aliphatic rings. The second-order valence-corrected chi connectivity index (χ2v) is 4.86. The molecule has 1 aromatic rings. The number of aryl methyl sites for hydroxylation is 1. The van der Waals surface area contributed by atoms with Gasteiger partial charge in [0.15, 0.2) is 0 Å². The molecule has 1 aliphatic carbocycles. The molecule has 0 aliphatic heterocycles. The van der Waals surface area contributed by atoms with Crippen molar-refractivity contribution >= 4 is 0 Å². The van der Waals surface area contributed by atoms with Crippen LogP contribution in [-0.4, -0.2) is 20.2 Å². The zero-order valence-electron chi connectivity index (χ0n) is 11.0. The summed E-state index contributed by atoms with van der Waals surface area (Å²) >= 11 is 0. The molecule has 0 heterocycles. The summed E-state index contributed by atoms with van der Waals surface area (Å²) in [6, 6.07) is 6.55. The van der Waals surface area contributed by atoms with E-state index in [4.69, 9.17) is 4.74 Å². The van der Waals surface area contributed by atoms with Crippen LogP contribution in [0.4, 0.5) is 0 Å². The Labute approximate surface area is 104 Å². The van der Waals surface area contributed by atoms with Crippen LogP contribution in [0.3, 0.4) is 0 Å². The molecule has 0 saturated heterocycles. The van der Waals surface area contributed by atoms with Crippen LogP contribution in [0.15, 0.2) is 18.2 Å². The van der Waals surface area contributed by atoms with Gasteiger partial charge in [0.1, 0.15) is 5.75 Å². The molecule has 2 rings (SSSR count). The van der Waals surface area contributed by atoms with Crippen molar-refractivity contribution < 1.29 is 4.74 Å². The predicted molar refractivity (Wildman–Crippen MR) is 71.8 cm³/mol. The van der Waals surface area contributed by atoms with Crippen molar-refractivity contribution in [1.29, 1.82) is 0 Å². The second-order valence-electron chi connectivity index (χ2n) is 4.86. The first kappa shape index (κ1) is 12.4. The van der Waals surface area contributed by atoms with Gasteiger partial charge in [-0.25, -0.2) is 0 Å². The van der Waals surface area contributed by atoms with Gasteiger partial charge in [-0.15, -0.1) is 0 Å². The zero-order chi connectivity index (χ0) is 12.1. The van der Waals surface area contributed by atoms with E-state index in [1.807, 2.05) is 0 Å². The minimum atomic E-state index is 0.667. The lowest BCUT2D eigenvalue weighted by molar-refractivity contribution is 0.411. The fraction of sp³-hybridized carbons (Fsp3) is 0.600. The lowest BCUT2D eigenvalue weighted by Gasteiger charge is -2.26. The van der Waals surface area contributed by atoms with Crippen LogP contribution in [0.2, 0.25) is 0 Å². The van der Waals surface area contributed by atoms with Crippen molar-refractivity contribution in [3.05, 3.63) is 29.3 Å². The Morgan fingerprint density at radius 1 is 1.41 bits per heavy atom. The van der Waals surface area contributed by atoms with Crippen molar-refractivity contribution in [2.24, 2.45) is 0 Å². The molecule has 0 spiro atoms. The summed E-state index contributed by atoms with van der Waals surface area (Å²) in [4.78, 5) is 0. The minimum absolute atomic E-state index is 0.667. The van der Waals surface area contributed by atoms with E-state index in [2.05, 4.69) is 30.4 Å². The first-order chi connectivity index (χ1) is 8.35. The van der Waals surface area contributed by atoms with Gasteiger partial charge in [-0.05, 0) is 61.4 Å². The summed E-state index contributed by atoms with van der Waals surface area (Å²) in [7, 11) is 1.74. The number of methoxy groups -OCH3 is 1. The van der Waals surface area contributed by atoms with E-state index < -0.39 is 0 Å². The van der Waals surface area contributed by atoms with Crippen molar-refractivity contribution in [2.45, 2.75) is 38.5 Å². The minimum Gasteiger partial charge on any atom is -0.497 e. The number of fused-ring (bicyclic) bond motifs is 1. The zero-order valence-corrected chi connectivity index (χ0v) is 11.0. The second kappa shape index (κ2) is 6.06. The van der Waals surface area contributed by atoms with E-state index in [0.29, 0.717) is 5.92 Å². The van der Waals surface area contributed by atoms with Gasteiger partial charge < -0.3 is 10.1 Å². The molecule has 1 atom stereocenters. The average molecular weight is 233 g/mol. The third-order valence-corrected chi connectivity index (χ3v) is 3.61. The molecule has 0 radical (unpaired) electrons. The van der Waals surface area contributed by atoms with Crippen LogP contribution in [0, 0.1) is 0 Å². The van der Waals surface area contributed by atoms with Crippen LogP contribution < -0.4 is 10.1 Å². The fourth-order valence-electron chi connectivity index (χ4n) is 2.67. The SMILES string of the molecule is CCCNCC1CCCc2ccc(OC)cc21. The summed E-state index contributed by atoms with van der Waals surface area (Å²) < 4.78 is 5.33. The predicted octanol–water partition coefficient (Wildman–Crippen LogP) is 3.11. The highest BCUT2D eigenvalue weighted by molar-refractivity contribution is 5.39. The number of nitrogens with one attached hydrogen (secondary N) is 1. The Morgan fingerprint density at radius 3 is 3.06 bits per heavy atom. The number of hydrogen-bond donors (Lipinski definition) is 1. The molecule has 2 nitrogen and oxygen atoms in total. The van der Waals surface area contributed by atoms with Gasteiger partial charge in [0, 0.05) is 6.54 Å². The van der Waals surface area contributed by atoms with Gasteiger partial charge in [0.25, 0.3) is 0 Å². The fourth-order valence-corrected chi connectivity index (χ4v) is 2.67. The van der Waals surface area contributed by atoms with Crippen LogP contribution in [0.5, 0.6) is 5.75 Å². The number of ether oxygens (including phenoxy) is 1. The average Bonchev–Trinajstić information content (AvgIpc) is 2.39. The maximum Gasteiger partial charge on any atom is 0.119 e. The van der Waals surface area contributed by atoms with Gasteiger partial charge >= 0.3 is 0 Å². The highest BCUT2D eigenvalue weighted by Gasteiger charge is 2.20. The highest BCUT2D eigenvalue weighted by atomic mass is 16.5. The van der Waals surface area contributed by atoms with E-state index in [1.165, 1.54) is 36.8 Å². The Morgan fingerprint density at radius 2 is 2.29 bits per heavy atom. The number of hydrogen-bond acceptors (Lipinski definition) is 2. The molecule has 94 valence electrons. The van der Waals surface area contributed by atoms with E-state index in [1.54, 1.807) is 7.11 Å². The van der Waals surface area contributed by atoms with E-state index in [9.17, 15) is 0 Å². The van der Waals surface area contributed by atoms with Crippen molar-refractivity contribution in [1.82, 2.24) is 5.32 Å². The number of benzene rings is 1. The molecule has 0 saturated carbocycles. The van der Waals surface area contributed by atoms with Crippen molar-refractivity contribution in [3.8, 4) is 5.75 Å². The van der Waals surface area contributed by atoms with Crippen molar-refractivity contribution in [3.63, 3.8) is 0 Å². The third kappa shape index (κ3) is 3.01. The molecule has 0 fully saturated rings. The van der Waals surface area contributed by atoms with Gasteiger partial charge in [-0.3, -0.25) is 0 Å². The maximum absolute atomic E-state index is 5.33. The standard InChI is InChI=1S/C15H23NO/c1-3-9-16-11-13-6-4-5-12-7-8-14(17-2)10-15(12)13/h7-8,10,13,16H,3-6,9,11H2,1-2H3. The Balaban J connectivity index is 2.11. The summed E-state index contributed by atoms with van der Waals surface area (Å²) in [5, 5.41) is 3.54. The van der Waals surface area contributed by atoms with Crippen LogP contribution >= 0.6 is 0 Å². The van der Waals surface area contributed by atoms with Crippen molar-refractivity contribution in [2.75, 3.05) is 20.2 Å². The quantitative estimate of drug-likeness (QED) is 0.789. The molecule has 1 unspecified atom stereocenters.